The van der Waals surface area contributed by atoms with Crippen LogP contribution in [-0.4, -0.2) is 24.1 Å². The first-order chi connectivity index (χ1) is 5.41. The van der Waals surface area contributed by atoms with Crippen LogP contribution in [0, 0.1) is 0 Å². The van der Waals surface area contributed by atoms with Crippen molar-refractivity contribution in [3.8, 4) is 0 Å². The molecule has 0 saturated heterocycles. The van der Waals surface area contributed by atoms with Gasteiger partial charge in [0.25, 0.3) is 0 Å². The smallest absolute Gasteiger partial charge is 0.305 e. The van der Waals surface area contributed by atoms with E-state index in [1.807, 2.05) is 0 Å². The molecule has 0 fully saturated rings. The third-order valence-electron chi connectivity index (χ3n) is 0.866. The van der Waals surface area contributed by atoms with Crippen LogP contribution in [0.2, 0.25) is 0 Å². The molecule has 6 nitrogen and oxygen atoms in total. The lowest BCUT2D eigenvalue weighted by Crippen LogP contribution is -1.99. The molecule has 0 rings (SSSR count). The van der Waals surface area contributed by atoms with E-state index in [1.54, 1.807) is 0 Å². The molecule has 0 amide bonds. The molecule has 0 aliphatic carbocycles. The van der Waals surface area contributed by atoms with Gasteiger partial charge in [0.05, 0.1) is 6.61 Å². The van der Waals surface area contributed by atoms with Gasteiger partial charge in [-0.15, -0.1) is 0 Å². The first-order valence-corrected chi connectivity index (χ1v) is 4.83. The molecule has 12 heavy (non-hydrogen) atoms. The predicted octanol–water partition coefficient (Wildman–Crippen LogP) is 0.414. The molecule has 0 aliphatic rings. The van der Waals surface area contributed by atoms with Gasteiger partial charge in [-0.25, -0.2) is 5.90 Å². The molecule has 0 aromatic rings. The second-order valence-corrected chi connectivity index (χ2v) is 2.92. The van der Waals surface area contributed by atoms with Crippen LogP contribution < -0.4 is 5.90 Å². The second kappa shape index (κ2) is 8.88. The summed E-state index contributed by atoms with van der Waals surface area (Å²) >= 11 is 0. The monoisotopic (exact) mass is 201 g/mol. The molecule has 7 heteroatoms. The number of nitrogens with two attached hydrogens (primary N) is 1. The number of hydrogen-bond acceptors (Lipinski definition) is 4. The van der Waals surface area contributed by atoms with Gasteiger partial charge in [0, 0.05) is 0 Å². The molecular formula is C5H15NO5S. The Morgan fingerprint density at radius 3 is 2.00 bits per heavy atom. The summed E-state index contributed by atoms with van der Waals surface area (Å²) in [6, 6.07) is 0. The number of hydrogen-bond donors (Lipinski definition) is 3. The Morgan fingerprint density at radius 1 is 1.33 bits per heavy atom. The number of unbranched alkanes of at least 4 members (excludes halogenated alkanes) is 2. The fourth-order valence-corrected chi connectivity index (χ4v) is 0.435. The molecule has 0 unspecified atom stereocenters. The molecule has 0 aromatic heterocycles. The van der Waals surface area contributed by atoms with Crippen LogP contribution in [0.1, 0.15) is 26.2 Å². The Labute approximate surface area is 72.2 Å². The van der Waals surface area contributed by atoms with E-state index in [1.165, 1.54) is 12.8 Å². The minimum Gasteiger partial charge on any atom is -0.305 e. The maximum atomic E-state index is 8.74. The standard InChI is InChI=1S/C5H13NO.H2O4S/c1-2-3-4-5-7-6;1-5(2,3)4/h2-6H2,1H3;(H2,1,2,3,4). The maximum absolute atomic E-state index is 8.74. The van der Waals surface area contributed by atoms with Gasteiger partial charge in [-0.2, -0.15) is 8.42 Å². The van der Waals surface area contributed by atoms with E-state index in [-0.39, 0.29) is 0 Å². The Kier molecular flexibility index (Phi) is 10.6. The van der Waals surface area contributed by atoms with Crippen LogP contribution in [-0.2, 0) is 15.2 Å². The molecule has 0 spiro atoms. The average Bonchev–Trinajstić information content (AvgIpc) is 1.85. The van der Waals surface area contributed by atoms with E-state index in [0.29, 0.717) is 6.61 Å². The van der Waals surface area contributed by atoms with Crippen molar-refractivity contribution in [2.24, 2.45) is 5.90 Å². The Bertz CT molecular complexity index is 155. The van der Waals surface area contributed by atoms with E-state index >= 15 is 0 Å². The van der Waals surface area contributed by atoms with Crippen LogP contribution in [0.4, 0.5) is 0 Å². The van der Waals surface area contributed by atoms with E-state index in [2.05, 4.69) is 11.8 Å². The van der Waals surface area contributed by atoms with Crippen LogP contribution in [0.25, 0.3) is 0 Å². The van der Waals surface area contributed by atoms with Gasteiger partial charge in [0.1, 0.15) is 0 Å². The Hall–Kier alpha value is -0.210. The zero-order valence-corrected chi connectivity index (χ0v) is 7.75. The zero-order valence-electron chi connectivity index (χ0n) is 6.93. The maximum Gasteiger partial charge on any atom is 0.394 e. The summed E-state index contributed by atoms with van der Waals surface area (Å²) in [5.74, 6) is 4.77. The van der Waals surface area contributed by atoms with E-state index in [0.717, 1.165) is 6.42 Å². The van der Waals surface area contributed by atoms with Gasteiger partial charge in [-0.1, -0.05) is 19.8 Å². The van der Waals surface area contributed by atoms with Gasteiger partial charge in [0.15, 0.2) is 0 Å². The quantitative estimate of drug-likeness (QED) is 0.345. The van der Waals surface area contributed by atoms with Crippen molar-refractivity contribution >= 4 is 10.4 Å². The summed E-state index contributed by atoms with van der Waals surface area (Å²) in [5, 5.41) is 0. The van der Waals surface area contributed by atoms with Crippen LogP contribution >= 0.6 is 0 Å². The minimum atomic E-state index is -4.67. The molecule has 0 aromatic carbocycles. The molecule has 0 aliphatic heterocycles. The van der Waals surface area contributed by atoms with Gasteiger partial charge >= 0.3 is 10.4 Å². The van der Waals surface area contributed by atoms with E-state index in [4.69, 9.17) is 23.4 Å². The zero-order chi connectivity index (χ0) is 10.0. The molecule has 0 atom stereocenters. The average molecular weight is 201 g/mol. The second-order valence-electron chi connectivity index (χ2n) is 2.03. The van der Waals surface area contributed by atoms with Crippen molar-refractivity contribution in [2.45, 2.75) is 26.2 Å². The molecule has 4 N–H and O–H groups in total. The fourth-order valence-electron chi connectivity index (χ4n) is 0.435. The molecule has 76 valence electrons. The summed E-state index contributed by atoms with van der Waals surface area (Å²) in [7, 11) is -4.67. The highest BCUT2D eigenvalue weighted by atomic mass is 32.3. The van der Waals surface area contributed by atoms with Crippen LogP contribution in [0.3, 0.4) is 0 Å². The molecule has 0 bridgehead atoms. The SMILES string of the molecule is CCCCCON.O=S(=O)(O)O. The normalized spacial score (nSPS) is 10.3. The fraction of sp³-hybridized carbons (Fsp3) is 1.00. The first kappa shape index (κ1) is 14.3. The third-order valence-corrected chi connectivity index (χ3v) is 0.866. The van der Waals surface area contributed by atoms with Crippen molar-refractivity contribution in [2.75, 3.05) is 6.61 Å². The molecular weight excluding hydrogens is 186 g/mol. The van der Waals surface area contributed by atoms with Crippen molar-refractivity contribution in [3.63, 3.8) is 0 Å². The van der Waals surface area contributed by atoms with Gasteiger partial charge in [-0.3, -0.25) is 9.11 Å². The van der Waals surface area contributed by atoms with Crippen LogP contribution in [0.15, 0.2) is 0 Å². The van der Waals surface area contributed by atoms with Crippen molar-refractivity contribution in [3.05, 3.63) is 0 Å². The highest BCUT2D eigenvalue weighted by molar-refractivity contribution is 7.79. The van der Waals surface area contributed by atoms with Gasteiger partial charge in [0.2, 0.25) is 0 Å². The van der Waals surface area contributed by atoms with E-state index in [9.17, 15) is 0 Å². The Morgan fingerprint density at radius 2 is 1.75 bits per heavy atom. The van der Waals surface area contributed by atoms with Crippen LogP contribution in [0.5, 0.6) is 0 Å². The summed E-state index contributed by atoms with van der Waals surface area (Å²) in [4.78, 5) is 4.34. The predicted molar refractivity (Wildman–Crippen MR) is 43.8 cm³/mol. The summed E-state index contributed by atoms with van der Waals surface area (Å²) in [6.07, 6.45) is 3.54. The van der Waals surface area contributed by atoms with Crippen molar-refractivity contribution in [1.29, 1.82) is 0 Å². The van der Waals surface area contributed by atoms with Gasteiger partial charge in [-0.05, 0) is 6.42 Å². The summed E-state index contributed by atoms with van der Waals surface area (Å²) < 4.78 is 31.6. The summed E-state index contributed by atoms with van der Waals surface area (Å²) in [5.41, 5.74) is 0. The third kappa shape index (κ3) is 52.7. The van der Waals surface area contributed by atoms with Gasteiger partial charge < -0.3 is 4.84 Å². The molecule has 0 heterocycles. The lowest BCUT2D eigenvalue weighted by atomic mass is 10.3. The summed E-state index contributed by atoms with van der Waals surface area (Å²) in [6.45, 7) is 2.85. The van der Waals surface area contributed by atoms with Crippen molar-refractivity contribution in [1.82, 2.24) is 0 Å². The minimum absolute atomic E-state index is 0.702. The lowest BCUT2D eigenvalue weighted by Gasteiger charge is -1.92. The number of rotatable bonds is 4. The Balaban J connectivity index is 0. The van der Waals surface area contributed by atoms with Crippen molar-refractivity contribution < 1.29 is 22.4 Å². The largest absolute Gasteiger partial charge is 0.394 e. The van der Waals surface area contributed by atoms with E-state index < -0.39 is 10.4 Å². The molecule has 0 radical (unpaired) electrons. The molecule has 0 saturated carbocycles. The highest BCUT2D eigenvalue weighted by Crippen LogP contribution is 1.91. The lowest BCUT2D eigenvalue weighted by molar-refractivity contribution is 0.134. The topological polar surface area (TPSA) is 110 Å². The first-order valence-electron chi connectivity index (χ1n) is 3.43. The highest BCUT2D eigenvalue weighted by Gasteiger charge is 1.84.